The molecule has 2 aliphatic heterocycles. The molecule has 2 N–H and O–H groups in total. The van der Waals surface area contributed by atoms with Gasteiger partial charge in [-0.1, -0.05) is 30.3 Å². The fraction of sp³-hybridized carbons (Fsp3) is 0.632. The highest BCUT2D eigenvalue weighted by atomic mass is 127. The summed E-state index contributed by atoms with van der Waals surface area (Å²) in [6, 6.07) is 11.1. The molecule has 2 fully saturated rings. The van der Waals surface area contributed by atoms with Gasteiger partial charge in [0.2, 0.25) is 0 Å². The van der Waals surface area contributed by atoms with Crippen molar-refractivity contribution in [3.05, 3.63) is 35.9 Å². The number of hydrogen-bond acceptors (Lipinski definition) is 4. The van der Waals surface area contributed by atoms with Gasteiger partial charge in [-0.15, -0.1) is 24.0 Å². The molecule has 0 amide bonds. The van der Waals surface area contributed by atoms with Gasteiger partial charge in [-0.2, -0.15) is 11.8 Å². The Hall–Kier alpha value is -0.510. The van der Waals surface area contributed by atoms with Crippen LogP contribution in [0, 0.1) is 0 Å². The predicted molar refractivity (Wildman–Crippen MR) is 122 cm³/mol. The average Bonchev–Trinajstić information content (AvgIpc) is 3.20. The molecule has 5 nitrogen and oxygen atoms in total. The Labute approximate surface area is 178 Å². The van der Waals surface area contributed by atoms with Gasteiger partial charge in [0.15, 0.2) is 5.96 Å². The van der Waals surface area contributed by atoms with Gasteiger partial charge >= 0.3 is 0 Å². The van der Waals surface area contributed by atoms with Gasteiger partial charge in [-0.3, -0.25) is 9.89 Å². The average molecular weight is 490 g/mol. The van der Waals surface area contributed by atoms with Crippen LogP contribution in [0.2, 0.25) is 0 Å². The summed E-state index contributed by atoms with van der Waals surface area (Å²) in [5.41, 5.74) is 1.35. The molecular formula is C19H31IN4OS. The molecule has 2 unspecified atom stereocenters. The van der Waals surface area contributed by atoms with Crippen LogP contribution in [-0.4, -0.2) is 68.3 Å². The van der Waals surface area contributed by atoms with Crippen LogP contribution in [0.15, 0.2) is 35.3 Å². The zero-order chi connectivity index (χ0) is 17.3. The molecule has 7 heteroatoms. The van der Waals surface area contributed by atoms with E-state index in [1.807, 2.05) is 7.05 Å². The fourth-order valence-electron chi connectivity index (χ4n) is 3.45. The third-order valence-electron chi connectivity index (χ3n) is 4.88. The van der Waals surface area contributed by atoms with E-state index < -0.39 is 0 Å². The molecule has 3 rings (SSSR count). The van der Waals surface area contributed by atoms with E-state index in [9.17, 15) is 0 Å². The third-order valence-corrected chi connectivity index (χ3v) is 6.28. The molecule has 0 bridgehead atoms. The van der Waals surface area contributed by atoms with Crippen LogP contribution >= 0.6 is 35.7 Å². The third kappa shape index (κ3) is 6.58. The molecule has 2 saturated heterocycles. The first-order valence-corrected chi connectivity index (χ1v) is 10.3. The first-order chi connectivity index (χ1) is 12.4. The summed E-state index contributed by atoms with van der Waals surface area (Å²) in [5, 5.41) is 7.76. The number of nitrogens with one attached hydrogen (secondary N) is 2. The van der Waals surface area contributed by atoms with Gasteiger partial charge in [0.25, 0.3) is 0 Å². The van der Waals surface area contributed by atoms with Crippen molar-refractivity contribution in [1.82, 2.24) is 15.5 Å². The molecule has 2 heterocycles. The van der Waals surface area contributed by atoms with Crippen molar-refractivity contribution in [3.63, 3.8) is 0 Å². The standard InChI is InChI=1S/C19H30N4OS.HI/c1-20-19(21-14-17-8-5-13-25-17)22-15-18(16-6-3-2-4-7-16)23-9-11-24-12-10-23;/h2-4,6-7,17-18H,5,8-15H2,1H3,(H2,20,21,22);1H. The van der Waals surface area contributed by atoms with E-state index in [0.717, 1.165) is 50.6 Å². The number of aliphatic imine (C=N–C) groups is 1. The lowest BCUT2D eigenvalue weighted by Crippen LogP contribution is -2.47. The van der Waals surface area contributed by atoms with Crippen LogP contribution < -0.4 is 10.6 Å². The second-order valence-corrected chi connectivity index (χ2v) is 7.95. The molecule has 146 valence electrons. The summed E-state index contributed by atoms with van der Waals surface area (Å²) in [4.78, 5) is 6.91. The number of morpholine rings is 1. The van der Waals surface area contributed by atoms with Crippen molar-refractivity contribution in [1.29, 1.82) is 0 Å². The summed E-state index contributed by atoms with van der Waals surface area (Å²) < 4.78 is 5.53. The highest BCUT2D eigenvalue weighted by Gasteiger charge is 2.23. The van der Waals surface area contributed by atoms with Gasteiger partial charge in [0.1, 0.15) is 0 Å². The van der Waals surface area contributed by atoms with Gasteiger partial charge < -0.3 is 15.4 Å². The molecular weight excluding hydrogens is 459 g/mol. The van der Waals surface area contributed by atoms with Crippen molar-refractivity contribution in [2.24, 2.45) is 4.99 Å². The zero-order valence-corrected chi connectivity index (χ0v) is 18.7. The van der Waals surface area contributed by atoms with Crippen LogP contribution in [0.25, 0.3) is 0 Å². The molecule has 0 aromatic heterocycles. The second kappa shape index (κ2) is 12.0. The Morgan fingerprint density at radius 3 is 2.69 bits per heavy atom. The molecule has 2 atom stereocenters. The molecule has 1 aromatic rings. The van der Waals surface area contributed by atoms with E-state index in [2.05, 4.69) is 62.6 Å². The first-order valence-electron chi connectivity index (χ1n) is 9.29. The normalized spacial score (nSPS) is 22.5. The Balaban J connectivity index is 0.00000243. The van der Waals surface area contributed by atoms with E-state index in [1.54, 1.807) is 0 Å². The Kier molecular flexibility index (Phi) is 10.1. The molecule has 0 aliphatic carbocycles. The van der Waals surface area contributed by atoms with E-state index >= 15 is 0 Å². The van der Waals surface area contributed by atoms with E-state index in [0.29, 0.717) is 6.04 Å². The number of rotatable bonds is 6. The number of thioether (sulfide) groups is 1. The smallest absolute Gasteiger partial charge is 0.191 e. The first kappa shape index (κ1) is 21.8. The van der Waals surface area contributed by atoms with Gasteiger partial charge in [-0.25, -0.2) is 0 Å². The second-order valence-electron chi connectivity index (χ2n) is 6.54. The van der Waals surface area contributed by atoms with Crippen molar-refractivity contribution in [2.45, 2.75) is 24.1 Å². The number of nitrogens with zero attached hydrogens (tertiary/aromatic N) is 2. The zero-order valence-electron chi connectivity index (χ0n) is 15.5. The summed E-state index contributed by atoms with van der Waals surface area (Å²) in [6.07, 6.45) is 2.66. The van der Waals surface area contributed by atoms with Crippen molar-refractivity contribution in [2.75, 3.05) is 52.2 Å². The van der Waals surface area contributed by atoms with Crippen molar-refractivity contribution in [3.8, 4) is 0 Å². The lowest BCUT2D eigenvalue weighted by atomic mass is 10.0. The Bertz CT molecular complexity index is 534. The SMILES string of the molecule is CN=C(NCC1CCCS1)NCC(c1ccccc1)N1CCOCC1.I. The lowest BCUT2D eigenvalue weighted by Gasteiger charge is -2.35. The topological polar surface area (TPSA) is 48.9 Å². The number of hydrogen-bond donors (Lipinski definition) is 2. The summed E-state index contributed by atoms with van der Waals surface area (Å²) in [7, 11) is 1.85. The molecule has 0 radical (unpaired) electrons. The largest absolute Gasteiger partial charge is 0.379 e. The van der Waals surface area contributed by atoms with Crippen LogP contribution in [-0.2, 0) is 4.74 Å². The minimum absolute atomic E-state index is 0. The summed E-state index contributed by atoms with van der Waals surface area (Å²) in [5.74, 6) is 2.20. The minimum Gasteiger partial charge on any atom is -0.379 e. The highest BCUT2D eigenvalue weighted by molar-refractivity contribution is 14.0. The molecule has 26 heavy (non-hydrogen) atoms. The maximum atomic E-state index is 5.53. The number of ether oxygens (including phenoxy) is 1. The predicted octanol–water partition coefficient (Wildman–Crippen LogP) is 2.74. The van der Waals surface area contributed by atoms with Gasteiger partial charge in [0, 0.05) is 38.5 Å². The van der Waals surface area contributed by atoms with E-state index in [4.69, 9.17) is 4.74 Å². The maximum Gasteiger partial charge on any atom is 0.191 e. The van der Waals surface area contributed by atoms with E-state index in [-0.39, 0.29) is 24.0 Å². The maximum absolute atomic E-state index is 5.53. The van der Waals surface area contributed by atoms with Crippen LogP contribution in [0.5, 0.6) is 0 Å². The highest BCUT2D eigenvalue weighted by Crippen LogP contribution is 2.25. The van der Waals surface area contributed by atoms with Gasteiger partial charge in [0.05, 0.1) is 19.3 Å². The van der Waals surface area contributed by atoms with Crippen LogP contribution in [0.4, 0.5) is 0 Å². The lowest BCUT2D eigenvalue weighted by molar-refractivity contribution is 0.0170. The van der Waals surface area contributed by atoms with Gasteiger partial charge in [-0.05, 0) is 24.2 Å². The molecule has 2 aliphatic rings. The summed E-state index contributed by atoms with van der Waals surface area (Å²) >= 11 is 2.07. The number of halogens is 1. The monoisotopic (exact) mass is 490 g/mol. The Morgan fingerprint density at radius 1 is 1.27 bits per heavy atom. The van der Waals surface area contributed by atoms with Crippen molar-refractivity contribution >= 4 is 41.7 Å². The Morgan fingerprint density at radius 2 is 2.04 bits per heavy atom. The quantitative estimate of drug-likeness (QED) is 0.365. The molecule has 0 spiro atoms. The van der Waals surface area contributed by atoms with Crippen molar-refractivity contribution < 1.29 is 4.74 Å². The molecule has 1 aromatic carbocycles. The number of guanidine groups is 1. The molecule has 0 saturated carbocycles. The minimum atomic E-state index is 0. The van der Waals surface area contributed by atoms with Crippen LogP contribution in [0.1, 0.15) is 24.4 Å². The van der Waals surface area contributed by atoms with E-state index in [1.165, 1.54) is 24.2 Å². The number of benzene rings is 1. The van der Waals surface area contributed by atoms with Crippen LogP contribution in [0.3, 0.4) is 0 Å². The summed E-state index contributed by atoms with van der Waals surface area (Å²) in [6.45, 7) is 5.43. The fourth-order valence-corrected chi connectivity index (χ4v) is 4.65.